The van der Waals surface area contributed by atoms with Crippen molar-refractivity contribution in [3.63, 3.8) is 0 Å². The molecular weight excluding hydrogens is 268 g/mol. The summed E-state index contributed by atoms with van der Waals surface area (Å²) in [4.78, 5) is 22.4. The lowest BCUT2D eigenvalue weighted by Crippen LogP contribution is -2.27. The molecule has 1 N–H and O–H groups in total. The molecule has 1 aliphatic carbocycles. The summed E-state index contributed by atoms with van der Waals surface area (Å²) in [5.41, 5.74) is 4.54. The summed E-state index contributed by atoms with van der Waals surface area (Å²) in [5, 5.41) is 9.21. The normalized spacial score (nSPS) is 18.8. The van der Waals surface area contributed by atoms with Gasteiger partial charge in [0, 0.05) is 6.92 Å². The van der Waals surface area contributed by atoms with Crippen LogP contribution in [-0.2, 0) is 22.4 Å². The second-order valence-corrected chi connectivity index (χ2v) is 6.00. The maximum Gasteiger partial charge on any atom is 0.308 e. The van der Waals surface area contributed by atoms with Crippen LogP contribution in [0.25, 0.3) is 0 Å². The summed E-state index contributed by atoms with van der Waals surface area (Å²) in [7, 11) is 0. The first-order chi connectivity index (χ1) is 9.81. The number of carboxylic acid groups (broad SMARTS) is 1. The molecule has 0 aliphatic heterocycles. The van der Waals surface area contributed by atoms with Crippen LogP contribution in [0.15, 0.2) is 6.07 Å². The van der Waals surface area contributed by atoms with Gasteiger partial charge < -0.3 is 9.84 Å². The number of aryl methyl sites for hydroxylation is 1. The number of rotatable bonds is 3. The molecule has 1 aliphatic rings. The van der Waals surface area contributed by atoms with E-state index in [1.807, 2.05) is 19.9 Å². The van der Waals surface area contributed by atoms with Gasteiger partial charge in [0.25, 0.3) is 0 Å². The minimum atomic E-state index is -0.742. The number of fused-ring (bicyclic) bond motifs is 1. The van der Waals surface area contributed by atoms with E-state index in [4.69, 9.17) is 4.74 Å². The predicted octanol–water partition coefficient (Wildman–Crippen LogP) is 3.05. The van der Waals surface area contributed by atoms with Crippen molar-refractivity contribution in [1.29, 1.82) is 0 Å². The smallest absolute Gasteiger partial charge is 0.308 e. The number of carbonyl (C=O) groups excluding carboxylic acids is 1. The van der Waals surface area contributed by atoms with Crippen LogP contribution in [0.3, 0.4) is 0 Å². The molecule has 0 unspecified atom stereocenters. The Morgan fingerprint density at radius 1 is 1.33 bits per heavy atom. The van der Waals surface area contributed by atoms with E-state index in [2.05, 4.69) is 0 Å². The van der Waals surface area contributed by atoms with Crippen LogP contribution < -0.4 is 4.74 Å². The zero-order chi connectivity index (χ0) is 15.7. The first kappa shape index (κ1) is 15.5. The van der Waals surface area contributed by atoms with E-state index in [9.17, 15) is 14.7 Å². The van der Waals surface area contributed by atoms with Crippen LogP contribution in [0.1, 0.15) is 42.5 Å². The Hall–Kier alpha value is -1.84. The summed E-state index contributed by atoms with van der Waals surface area (Å²) in [6, 6.07) is 1.91. The van der Waals surface area contributed by atoms with Gasteiger partial charge in [-0.2, -0.15) is 0 Å². The van der Waals surface area contributed by atoms with Crippen LogP contribution >= 0.6 is 0 Å². The summed E-state index contributed by atoms with van der Waals surface area (Å²) >= 11 is 0. The molecule has 4 heteroatoms. The number of hydrogen-bond donors (Lipinski definition) is 1. The minimum Gasteiger partial charge on any atom is -0.481 e. The average molecular weight is 290 g/mol. The summed E-state index contributed by atoms with van der Waals surface area (Å²) < 4.78 is 5.28. The van der Waals surface area contributed by atoms with Crippen LogP contribution in [-0.4, -0.2) is 17.0 Å². The number of esters is 1. The first-order valence-electron chi connectivity index (χ1n) is 7.34. The van der Waals surface area contributed by atoms with Crippen molar-refractivity contribution in [1.82, 2.24) is 0 Å². The largest absolute Gasteiger partial charge is 0.481 e. The Kier molecular flexibility index (Phi) is 4.35. The molecule has 0 saturated heterocycles. The van der Waals surface area contributed by atoms with E-state index in [0.717, 1.165) is 36.0 Å². The highest BCUT2D eigenvalue weighted by Crippen LogP contribution is 2.37. The molecule has 1 aromatic carbocycles. The maximum atomic E-state index is 11.2. The van der Waals surface area contributed by atoms with E-state index in [-0.39, 0.29) is 17.8 Å². The molecule has 4 nitrogen and oxygen atoms in total. The van der Waals surface area contributed by atoms with Gasteiger partial charge in [0.2, 0.25) is 0 Å². The number of aliphatic carboxylic acids is 1. The van der Waals surface area contributed by atoms with Gasteiger partial charge in [-0.15, -0.1) is 0 Å². The molecule has 2 rings (SSSR count). The van der Waals surface area contributed by atoms with Crippen LogP contribution in [0.4, 0.5) is 0 Å². The number of ether oxygens (including phenoxy) is 1. The highest BCUT2D eigenvalue weighted by Gasteiger charge is 2.30. The number of hydrogen-bond acceptors (Lipinski definition) is 3. The van der Waals surface area contributed by atoms with E-state index in [1.54, 1.807) is 6.92 Å². The SMILES string of the molecule is CC(=O)Oc1cc(C)c2c(c1C)C[C@H]([C@@H](C)C(=O)O)CC2. The molecule has 0 spiro atoms. The molecule has 0 aromatic heterocycles. The van der Waals surface area contributed by atoms with Crippen molar-refractivity contribution < 1.29 is 19.4 Å². The van der Waals surface area contributed by atoms with Crippen molar-refractivity contribution >= 4 is 11.9 Å². The molecule has 0 saturated carbocycles. The van der Waals surface area contributed by atoms with Gasteiger partial charge in [-0.05, 0) is 67.3 Å². The number of benzene rings is 1. The summed E-state index contributed by atoms with van der Waals surface area (Å²) in [6.45, 7) is 7.14. The standard InChI is InChI=1S/C17H22O4/c1-9-7-16(21-12(4)18)11(3)15-8-13(5-6-14(9)15)10(2)17(19)20/h7,10,13H,5-6,8H2,1-4H3,(H,19,20)/t10-,13-/m1/s1. The molecular formula is C17H22O4. The van der Waals surface area contributed by atoms with Gasteiger partial charge in [0.1, 0.15) is 5.75 Å². The molecule has 0 bridgehead atoms. The molecule has 114 valence electrons. The third-order valence-electron chi connectivity index (χ3n) is 4.59. The summed E-state index contributed by atoms with van der Waals surface area (Å²) in [6.07, 6.45) is 2.53. The van der Waals surface area contributed by atoms with Crippen molar-refractivity contribution in [2.75, 3.05) is 0 Å². The maximum absolute atomic E-state index is 11.2. The molecule has 0 fully saturated rings. The molecule has 0 amide bonds. The Labute approximate surface area is 125 Å². The molecule has 0 heterocycles. The lowest BCUT2D eigenvalue weighted by molar-refractivity contribution is -0.143. The van der Waals surface area contributed by atoms with Crippen molar-refractivity contribution in [3.05, 3.63) is 28.3 Å². The quantitative estimate of drug-likeness (QED) is 0.686. The second-order valence-electron chi connectivity index (χ2n) is 6.00. The van der Waals surface area contributed by atoms with E-state index < -0.39 is 5.97 Å². The van der Waals surface area contributed by atoms with Gasteiger partial charge in [-0.25, -0.2) is 0 Å². The fourth-order valence-corrected chi connectivity index (χ4v) is 3.21. The highest BCUT2D eigenvalue weighted by atomic mass is 16.5. The number of carbonyl (C=O) groups is 2. The summed E-state index contributed by atoms with van der Waals surface area (Å²) in [5.74, 6) is -0.684. The molecule has 21 heavy (non-hydrogen) atoms. The first-order valence-corrected chi connectivity index (χ1v) is 7.34. The average Bonchev–Trinajstić information content (AvgIpc) is 2.42. The fraction of sp³-hybridized carbons (Fsp3) is 0.529. The predicted molar refractivity (Wildman–Crippen MR) is 79.5 cm³/mol. The van der Waals surface area contributed by atoms with Crippen LogP contribution in [0.2, 0.25) is 0 Å². The third-order valence-corrected chi connectivity index (χ3v) is 4.59. The van der Waals surface area contributed by atoms with Crippen molar-refractivity contribution in [3.8, 4) is 5.75 Å². The zero-order valence-corrected chi connectivity index (χ0v) is 13.0. The van der Waals surface area contributed by atoms with Crippen molar-refractivity contribution in [2.24, 2.45) is 11.8 Å². The van der Waals surface area contributed by atoms with E-state index in [1.165, 1.54) is 12.5 Å². The zero-order valence-electron chi connectivity index (χ0n) is 13.0. The van der Waals surface area contributed by atoms with E-state index in [0.29, 0.717) is 5.75 Å². The van der Waals surface area contributed by atoms with Gasteiger partial charge in [0.15, 0.2) is 0 Å². The highest BCUT2D eigenvalue weighted by molar-refractivity contribution is 5.71. The monoisotopic (exact) mass is 290 g/mol. The molecule has 2 atom stereocenters. The Morgan fingerprint density at radius 2 is 2.00 bits per heavy atom. The van der Waals surface area contributed by atoms with Crippen LogP contribution in [0, 0.1) is 25.7 Å². The Bertz CT molecular complexity index is 589. The van der Waals surface area contributed by atoms with Crippen LogP contribution in [0.5, 0.6) is 5.75 Å². The van der Waals surface area contributed by atoms with Gasteiger partial charge in [0.05, 0.1) is 5.92 Å². The lowest BCUT2D eigenvalue weighted by atomic mass is 9.75. The molecule has 0 radical (unpaired) electrons. The second kappa shape index (κ2) is 5.88. The van der Waals surface area contributed by atoms with Crippen molar-refractivity contribution in [2.45, 2.75) is 47.0 Å². The molecule has 1 aromatic rings. The fourth-order valence-electron chi connectivity index (χ4n) is 3.21. The Balaban J connectivity index is 2.39. The Morgan fingerprint density at radius 3 is 2.57 bits per heavy atom. The topological polar surface area (TPSA) is 63.6 Å². The van der Waals surface area contributed by atoms with Gasteiger partial charge in [-0.1, -0.05) is 6.92 Å². The lowest BCUT2D eigenvalue weighted by Gasteiger charge is -2.30. The van der Waals surface area contributed by atoms with Gasteiger partial charge >= 0.3 is 11.9 Å². The number of carboxylic acids is 1. The van der Waals surface area contributed by atoms with E-state index >= 15 is 0 Å². The minimum absolute atomic E-state index is 0.140. The third kappa shape index (κ3) is 3.09. The van der Waals surface area contributed by atoms with Gasteiger partial charge in [-0.3, -0.25) is 9.59 Å².